The number of rotatable bonds is 7. The van der Waals surface area contributed by atoms with Crippen LogP contribution in [0.5, 0.6) is 0 Å². The number of alkyl carbamates (subject to hydrolysis) is 1. The molecule has 0 spiro atoms. The van der Waals surface area contributed by atoms with Gasteiger partial charge in [0.15, 0.2) is 0 Å². The standard InChI is InChI=1S/C26H21F4NO4/c27-22-11-9-15(13-21(22)26(28,29)30)10-12-23(24(32)33)31-25(34)35-14-20-18-7-3-1-5-16(18)17-6-2-4-8-19(17)20/h1-9,11,13,20,23H,10,12,14H2,(H,31,34)(H,32,33)/t23-/m0/s1. The summed E-state index contributed by atoms with van der Waals surface area (Å²) in [7, 11) is 0. The zero-order chi connectivity index (χ0) is 25.2. The number of carboxylic acid groups (broad SMARTS) is 1. The molecule has 1 amide bonds. The van der Waals surface area contributed by atoms with E-state index in [1.165, 1.54) is 0 Å². The zero-order valence-electron chi connectivity index (χ0n) is 18.3. The number of alkyl halides is 3. The monoisotopic (exact) mass is 487 g/mol. The molecule has 0 radical (unpaired) electrons. The van der Waals surface area contributed by atoms with Crippen LogP contribution < -0.4 is 5.32 Å². The van der Waals surface area contributed by atoms with E-state index < -0.39 is 35.7 Å². The van der Waals surface area contributed by atoms with Crippen LogP contribution in [-0.2, 0) is 22.1 Å². The number of aliphatic carboxylic acids is 1. The Bertz CT molecular complexity index is 1210. The van der Waals surface area contributed by atoms with E-state index in [1.807, 2.05) is 48.5 Å². The third kappa shape index (κ3) is 5.29. The van der Waals surface area contributed by atoms with Crippen LogP contribution >= 0.6 is 0 Å². The molecule has 4 rings (SSSR count). The van der Waals surface area contributed by atoms with Crippen LogP contribution in [0.15, 0.2) is 66.7 Å². The van der Waals surface area contributed by atoms with Gasteiger partial charge in [-0.3, -0.25) is 0 Å². The second-order valence-electron chi connectivity index (χ2n) is 8.21. The van der Waals surface area contributed by atoms with Crippen molar-refractivity contribution in [2.45, 2.75) is 31.0 Å². The molecule has 0 bridgehead atoms. The van der Waals surface area contributed by atoms with Gasteiger partial charge in [-0.15, -0.1) is 0 Å². The lowest BCUT2D eigenvalue weighted by atomic mass is 9.98. The molecular weight excluding hydrogens is 466 g/mol. The van der Waals surface area contributed by atoms with Gasteiger partial charge in [-0.05, 0) is 52.8 Å². The van der Waals surface area contributed by atoms with Gasteiger partial charge >= 0.3 is 18.2 Å². The van der Waals surface area contributed by atoms with Crippen molar-refractivity contribution in [1.29, 1.82) is 0 Å². The Morgan fingerprint density at radius 3 is 2.14 bits per heavy atom. The summed E-state index contributed by atoms with van der Waals surface area (Å²) in [5, 5.41) is 11.7. The number of ether oxygens (including phenoxy) is 1. The maximum Gasteiger partial charge on any atom is 0.419 e. The molecule has 3 aromatic rings. The molecule has 5 nitrogen and oxygen atoms in total. The van der Waals surface area contributed by atoms with Crippen molar-refractivity contribution >= 4 is 12.1 Å². The van der Waals surface area contributed by atoms with E-state index in [0.29, 0.717) is 12.1 Å². The normalized spacial score (nSPS) is 13.6. The van der Waals surface area contributed by atoms with E-state index in [0.717, 1.165) is 28.3 Å². The Kier molecular flexibility index (Phi) is 6.77. The highest BCUT2D eigenvalue weighted by molar-refractivity contribution is 5.81. The number of hydrogen-bond acceptors (Lipinski definition) is 3. The molecule has 1 aliphatic carbocycles. The molecule has 0 aliphatic heterocycles. The Balaban J connectivity index is 1.39. The minimum Gasteiger partial charge on any atom is -0.480 e. The molecule has 2 N–H and O–H groups in total. The van der Waals surface area contributed by atoms with E-state index in [1.54, 1.807) is 0 Å². The van der Waals surface area contributed by atoms with Gasteiger partial charge in [0.1, 0.15) is 18.5 Å². The van der Waals surface area contributed by atoms with Gasteiger partial charge < -0.3 is 15.2 Å². The first-order chi connectivity index (χ1) is 16.6. The molecule has 0 saturated carbocycles. The number of halogens is 4. The smallest absolute Gasteiger partial charge is 0.419 e. The number of benzene rings is 3. The van der Waals surface area contributed by atoms with Crippen LogP contribution in [0.25, 0.3) is 11.1 Å². The number of carboxylic acids is 1. The third-order valence-electron chi connectivity index (χ3n) is 5.99. The molecule has 35 heavy (non-hydrogen) atoms. The summed E-state index contributed by atoms with van der Waals surface area (Å²) in [5.74, 6) is -2.99. The molecule has 0 unspecified atom stereocenters. The average molecular weight is 487 g/mol. The highest BCUT2D eigenvalue weighted by Gasteiger charge is 2.34. The molecule has 9 heteroatoms. The lowest BCUT2D eigenvalue weighted by Crippen LogP contribution is -2.41. The molecular formula is C26H21F4NO4. The van der Waals surface area contributed by atoms with Crippen LogP contribution in [0.3, 0.4) is 0 Å². The molecule has 1 atom stereocenters. The Labute approximate surface area is 198 Å². The second-order valence-corrected chi connectivity index (χ2v) is 8.21. The molecule has 182 valence electrons. The van der Waals surface area contributed by atoms with E-state index >= 15 is 0 Å². The molecule has 0 saturated heterocycles. The van der Waals surface area contributed by atoms with E-state index in [-0.39, 0.29) is 30.9 Å². The zero-order valence-corrected chi connectivity index (χ0v) is 18.3. The fourth-order valence-electron chi connectivity index (χ4n) is 4.30. The van der Waals surface area contributed by atoms with E-state index in [9.17, 15) is 32.3 Å². The molecule has 0 fully saturated rings. The van der Waals surface area contributed by atoms with Gasteiger partial charge in [0.05, 0.1) is 5.56 Å². The van der Waals surface area contributed by atoms with Crippen molar-refractivity contribution in [3.05, 3.63) is 94.8 Å². The lowest BCUT2D eigenvalue weighted by Gasteiger charge is -2.18. The number of carbonyl (C=O) groups is 2. The highest BCUT2D eigenvalue weighted by Crippen LogP contribution is 2.44. The van der Waals surface area contributed by atoms with E-state index in [4.69, 9.17) is 4.74 Å². The Morgan fingerprint density at radius 1 is 0.971 bits per heavy atom. The number of aryl methyl sites for hydroxylation is 1. The minimum atomic E-state index is -4.87. The Morgan fingerprint density at radius 2 is 1.57 bits per heavy atom. The van der Waals surface area contributed by atoms with Crippen LogP contribution in [-0.4, -0.2) is 29.8 Å². The summed E-state index contributed by atoms with van der Waals surface area (Å²) in [6, 6.07) is 16.5. The predicted octanol–water partition coefficient (Wildman–Crippen LogP) is 5.77. The van der Waals surface area contributed by atoms with Gasteiger partial charge in [0.2, 0.25) is 0 Å². The van der Waals surface area contributed by atoms with Gasteiger partial charge in [-0.2, -0.15) is 13.2 Å². The predicted molar refractivity (Wildman–Crippen MR) is 119 cm³/mol. The van der Waals surface area contributed by atoms with Crippen molar-refractivity contribution in [2.75, 3.05) is 6.61 Å². The third-order valence-corrected chi connectivity index (χ3v) is 5.99. The average Bonchev–Trinajstić information content (AvgIpc) is 3.14. The van der Waals surface area contributed by atoms with Gasteiger partial charge in [0, 0.05) is 5.92 Å². The van der Waals surface area contributed by atoms with Gasteiger partial charge in [-0.25, -0.2) is 14.0 Å². The maximum atomic E-state index is 13.5. The SMILES string of the molecule is O=C(N[C@@H](CCc1ccc(F)c(C(F)(F)F)c1)C(=O)O)OCC1c2ccccc2-c2ccccc21. The molecule has 0 aromatic heterocycles. The molecule has 1 aliphatic rings. The maximum absolute atomic E-state index is 13.5. The Hall–Kier alpha value is -3.88. The topological polar surface area (TPSA) is 75.6 Å². The molecule has 0 heterocycles. The number of carbonyl (C=O) groups excluding carboxylic acids is 1. The lowest BCUT2D eigenvalue weighted by molar-refractivity contribution is -0.140. The summed E-state index contributed by atoms with van der Waals surface area (Å²) in [6.45, 7) is -0.0148. The largest absolute Gasteiger partial charge is 0.480 e. The second kappa shape index (κ2) is 9.77. The number of nitrogens with one attached hydrogen (secondary N) is 1. The number of amides is 1. The van der Waals surface area contributed by atoms with Crippen LogP contribution in [0, 0.1) is 5.82 Å². The van der Waals surface area contributed by atoms with Gasteiger partial charge in [-0.1, -0.05) is 54.6 Å². The highest BCUT2D eigenvalue weighted by atomic mass is 19.4. The quantitative estimate of drug-likeness (QED) is 0.415. The van der Waals surface area contributed by atoms with Gasteiger partial charge in [0.25, 0.3) is 0 Å². The summed E-state index contributed by atoms with van der Waals surface area (Å²) in [5.41, 5.74) is 2.74. The fraction of sp³-hybridized carbons (Fsp3) is 0.231. The minimum absolute atomic E-state index is 0.0148. The van der Waals surface area contributed by atoms with Crippen LogP contribution in [0.2, 0.25) is 0 Å². The molecule has 3 aromatic carbocycles. The van der Waals surface area contributed by atoms with Crippen molar-refractivity contribution in [3.8, 4) is 11.1 Å². The van der Waals surface area contributed by atoms with Crippen molar-refractivity contribution in [3.63, 3.8) is 0 Å². The van der Waals surface area contributed by atoms with Crippen LogP contribution in [0.1, 0.15) is 34.6 Å². The summed E-state index contributed by atoms with van der Waals surface area (Å²) in [4.78, 5) is 24.0. The summed E-state index contributed by atoms with van der Waals surface area (Å²) >= 11 is 0. The first-order valence-corrected chi connectivity index (χ1v) is 10.8. The van der Waals surface area contributed by atoms with E-state index in [2.05, 4.69) is 5.32 Å². The summed E-state index contributed by atoms with van der Waals surface area (Å²) in [6.07, 6.45) is -6.15. The van der Waals surface area contributed by atoms with Crippen molar-refractivity contribution < 1.29 is 37.0 Å². The first-order valence-electron chi connectivity index (χ1n) is 10.8. The number of fused-ring (bicyclic) bond motifs is 3. The number of hydrogen-bond donors (Lipinski definition) is 2. The summed E-state index contributed by atoms with van der Waals surface area (Å²) < 4.78 is 57.6. The van der Waals surface area contributed by atoms with Crippen LogP contribution in [0.4, 0.5) is 22.4 Å². The first kappa shape index (κ1) is 24.3. The van der Waals surface area contributed by atoms with Crippen molar-refractivity contribution in [1.82, 2.24) is 5.32 Å². The fourth-order valence-corrected chi connectivity index (χ4v) is 4.30. The van der Waals surface area contributed by atoms with Crippen molar-refractivity contribution in [2.24, 2.45) is 0 Å².